The average Bonchev–Trinajstić information content (AvgIpc) is 2.42. The Balaban J connectivity index is 2.43. The molecule has 0 radical (unpaired) electrons. The summed E-state index contributed by atoms with van der Waals surface area (Å²) in [4.78, 5) is 10.5. The summed E-state index contributed by atoms with van der Waals surface area (Å²) < 4.78 is 0. The molecule has 0 saturated heterocycles. The highest BCUT2D eigenvalue weighted by molar-refractivity contribution is 5.66. The second kappa shape index (κ2) is 9.56. The molecule has 0 fully saturated rings. The van der Waals surface area contributed by atoms with Crippen LogP contribution in [0.3, 0.4) is 0 Å². The highest BCUT2D eigenvalue weighted by atomic mass is 16.4. The summed E-state index contributed by atoms with van der Waals surface area (Å²) in [5.74, 6) is -0.152. The molecule has 0 amide bonds. The van der Waals surface area contributed by atoms with Crippen molar-refractivity contribution in [2.45, 2.75) is 50.9 Å². The van der Waals surface area contributed by atoms with Gasteiger partial charge >= 0.3 is 5.97 Å². The number of benzene rings is 1. The number of unbranched alkanes of at least 4 members (excludes halogenated alkanes) is 2. The summed E-state index contributed by atoms with van der Waals surface area (Å²) in [6, 6.07) is 10.5. The molecule has 3 nitrogen and oxygen atoms in total. The molecular formula is C16H25NO2. The van der Waals surface area contributed by atoms with Gasteiger partial charge in [-0.2, -0.15) is 0 Å². The van der Waals surface area contributed by atoms with Crippen molar-refractivity contribution in [3.05, 3.63) is 35.9 Å². The van der Waals surface area contributed by atoms with Crippen LogP contribution in [0.1, 0.15) is 56.4 Å². The highest BCUT2D eigenvalue weighted by Crippen LogP contribution is 2.27. The van der Waals surface area contributed by atoms with Gasteiger partial charge in [0.15, 0.2) is 0 Å². The van der Waals surface area contributed by atoms with Gasteiger partial charge in [-0.25, -0.2) is 0 Å². The maximum Gasteiger partial charge on any atom is 0.303 e. The van der Waals surface area contributed by atoms with Crippen molar-refractivity contribution in [1.29, 1.82) is 0 Å². The fraction of sp³-hybridized carbons (Fsp3) is 0.562. The van der Waals surface area contributed by atoms with Gasteiger partial charge in [-0.3, -0.25) is 4.79 Å². The predicted octanol–water partition coefficient (Wildman–Crippen LogP) is 3.54. The first-order valence-electron chi connectivity index (χ1n) is 7.21. The van der Waals surface area contributed by atoms with E-state index in [4.69, 9.17) is 10.8 Å². The molecule has 1 aromatic carbocycles. The van der Waals surface area contributed by atoms with Crippen LogP contribution >= 0.6 is 0 Å². The third-order valence-electron chi connectivity index (χ3n) is 3.47. The summed E-state index contributed by atoms with van der Waals surface area (Å²) >= 11 is 0. The molecule has 0 aliphatic carbocycles. The molecule has 0 aromatic heterocycles. The number of carbonyl (C=O) groups is 1. The molecule has 0 aliphatic rings. The number of carboxylic acids is 1. The van der Waals surface area contributed by atoms with Crippen molar-refractivity contribution in [1.82, 2.24) is 0 Å². The number of nitrogens with two attached hydrogens (primary N) is 1. The first kappa shape index (κ1) is 15.7. The predicted molar refractivity (Wildman–Crippen MR) is 78.2 cm³/mol. The SMILES string of the molecule is NCCCCC(CCCCC(=O)O)c1ccccc1. The standard InChI is InChI=1S/C16H25NO2/c17-13-7-6-11-15(10-4-5-12-16(18)19)14-8-2-1-3-9-14/h1-3,8-9,15H,4-7,10-13,17H2,(H,18,19). The lowest BCUT2D eigenvalue weighted by molar-refractivity contribution is -0.137. The smallest absolute Gasteiger partial charge is 0.303 e. The lowest BCUT2D eigenvalue weighted by Crippen LogP contribution is -2.03. The Bertz CT molecular complexity index is 351. The van der Waals surface area contributed by atoms with Crippen molar-refractivity contribution in [2.75, 3.05) is 6.54 Å². The van der Waals surface area contributed by atoms with E-state index in [1.54, 1.807) is 0 Å². The van der Waals surface area contributed by atoms with Gasteiger partial charge in [0.25, 0.3) is 0 Å². The zero-order chi connectivity index (χ0) is 13.9. The van der Waals surface area contributed by atoms with Crippen LogP contribution in [0.4, 0.5) is 0 Å². The summed E-state index contributed by atoms with van der Waals surface area (Å²) in [5, 5.41) is 8.66. The van der Waals surface area contributed by atoms with Crippen molar-refractivity contribution in [3.63, 3.8) is 0 Å². The maximum absolute atomic E-state index is 10.5. The third kappa shape index (κ3) is 6.97. The zero-order valence-corrected chi connectivity index (χ0v) is 11.6. The van der Waals surface area contributed by atoms with E-state index in [-0.39, 0.29) is 6.42 Å². The quantitative estimate of drug-likeness (QED) is 0.635. The minimum atomic E-state index is -0.695. The monoisotopic (exact) mass is 263 g/mol. The Morgan fingerprint density at radius 1 is 1.05 bits per heavy atom. The maximum atomic E-state index is 10.5. The van der Waals surface area contributed by atoms with Crippen LogP contribution in [0.5, 0.6) is 0 Å². The summed E-state index contributed by atoms with van der Waals surface area (Å²) in [5.41, 5.74) is 6.91. The Morgan fingerprint density at radius 3 is 2.26 bits per heavy atom. The van der Waals surface area contributed by atoms with Crippen molar-refractivity contribution < 1.29 is 9.90 Å². The van der Waals surface area contributed by atoms with E-state index in [0.717, 1.165) is 45.1 Å². The van der Waals surface area contributed by atoms with Crippen LogP contribution < -0.4 is 5.73 Å². The third-order valence-corrected chi connectivity index (χ3v) is 3.47. The molecule has 3 N–H and O–H groups in total. The van der Waals surface area contributed by atoms with Gasteiger partial charge < -0.3 is 10.8 Å². The molecule has 19 heavy (non-hydrogen) atoms. The van der Waals surface area contributed by atoms with Crippen LogP contribution in [0.15, 0.2) is 30.3 Å². The van der Waals surface area contributed by atoms with E-state index in [1.807, 2.05) is 6.07 Å². The fourth-order valence-electron chi connectivity index (χ4n) is 2.40. The molecule has 1 aromatic rings. The first-order chi connectivity index (χ1) is 9.24. The van der Waals surface area contributed by atoms with E-state index in [0.29, 0.717) is 5.92 Å². The van der Waals surface area contributed by atoms with Crippen LogP contribution in [-0.4, -0.2) is 17.6 Å². The lowest BCUT2D eigenvalue weighted by Gasteiger charge is -2.17. The van der Waals surface area contributed by atoms with Crippen molar-refractivity contribution in [2.24, 2.45) is 5.73 Å². The molecule has 1 rings (SSSR count). The molecule has 1 atom stereocenters. The summed E-state index contributed by atoms with van der Waals surface area (Å²) in [6.45, 7) is 0.751. The van der Waals surface area contributed by atoms with Gasteiger partial charge in [-0.05, 0) is 43.7 Å². The Hall–Kier alpha value is -1.35. The number of hydrogen-bond donors (Lipinski definition) is 2. The number of hydrogen-bond acceptors (Lipinski definition) is 2. The van der Waals surface area contributed by atoms with E-state index in [2.05, 4.69) is 24.3 Å². The average molecular weight is 263 g/mol. The van der Waals surface area contributed by atoms with Crippen LogP contribution in [0.25, 0.3) is 0 Å². The fourth-order valence-corrected chi connectivity index (χ4v) is 2.40. The van der Waals surface area contributed by atoms with Crippen LogP contribution in [0, 0.1) is 0 Å². The molecule has 3 heteroatoms. The Labute approximate surface area is 115 Å². The number of aliphatic carboxylic acids is 1. The minimum Gasteiger partial charge on any atom is -0.481 e. The minimum absolute atomic E-state index is 0.282. The van der Waals surface area contributed by atoms with E-state index >= 15 is 0 Å². The van der Waals surface area contributed by atoms with Crippen molar-refractivity contribution >= 4 is 5.97 Å². The Kier molecular flexibility index (Phi) is 7.91. The molecule has 1 unspecified atom stereocenters. The largest absolute Gasteiger partial charge is 0.481 e. The molecule has 0 bridgehead atoms. The molecule has 0 heterocycles. The van der Waals surface area contributed by atoms with E-state index in [1.165, 1.54) is 5.56 Å². The molecule has 106 valence electrons. The molecule has 0 saturated carbocycles. The lowest BCUT2D eigenvalue weighted by atomic mass is 9.89. The zero-order valence-electron chi connectivity index (χ0n) is 11.6. The van der Waals surface area contributed by atoms with Crippen LogP contribution in [0.2, 0.25) is 0 Å². The second-order valence-corrected chi connectivity index (χ2v) is 5.03. The summed E-state index contributed by atoms with van der Waals surface area (Å²) in [6.07, 6.45) is 6.47. The molecular weight excluding hydrogens is 238 g/mol. The number of carboxylic acid groups (broad SMARTS) is 1. The first-order valence-corrected chi connectivity index (χ1v) is 7.21. The van der Waals surface area contributed by atoms with Gasteiger partial charge in [0.1, 0.15) is 0 Å². The van der Waals surface area contributed by atoms with E-state index < -0.39 is 5.97 Å². The van der Waals surface area contributed by atoms with Gasteiger partial charge in [-0.15, -0.1) is 0 Å². The normalized spacial score (nSPS) is 12.3. The highest BCUT2D eigenvalue weighted by Gasteiger charge is 2.11. The van der Waals surface area contributed by atoms with Gasteiger partial charge in [0, 0.05) is 6.42 Å². The van der Waals surface area contributed by atoms with Gasteiger partial charge in [0.05, 0.1) is 0 Å². The van der Waals surface area contributed by atoms with Crippen molar-refractivity contribution in [3.8, 4) is 0 Å². The molecule has 0 spiro atoms. The van der Waals surface area contributed by atoms with Crippen LogP contribution in [-0.2, 0) is 4.79 Å². The molecule has 0 aliphatic heterocycles. The number of rotatable bonds is 10. The second-order valence-electron chi connectivity index (χ2n) is 5.03. The Morgan fingerprint density at radius 2 is 1.68 bits per heavy atom. The van der Waals surface area contributed by atoms with Gasteiger partial charge in [0.2, 0.25) is 0 Å². The van der Waals surface area contributed by atoms with E-state index in [9.17, 15) is 4.79 Å². The summed E-state index contributed by atoms with van der Waals surface area (Å²) in [7, 11) is 0. The topological polar surface area (TPSA) is 63.3 Å². The van der Waals surface area contributed by atoms with Gasteiger partial charge in [-0.1, -0.05) is 43.2 Å².